The average molecular weight is 351 g/mol. The quantitative estimate of drug-likeness (QED) is 0.491. The van der Waals surface area contributed by atoms with Crippen molar-refractivity contribution >= 4 is 23.6 Å². The number of tetrazole rings is 1. The van der Waals surface area contributed by atoms with E-state index >= 15 is 0 Å². The Balaban J connectivity index is 1.71. The first-order valence-electron chi connectivity index (χ1n) is 7.77. The molecular weight excluding hydrogens is 330 g/mol. The molecule has 4 atom stereocenters. The third-order valence-corrected chi connectivity index (χ3v) is 5.89. The Hall–Kier alpha value is -1.94. The number of H-pyrrole nitrogens is 1. The summed E-state index contributed by atoms with van der Waals surface area (Å²) < 4.78 is -0.270. The maximum Gasteiger partial charge on any atom is 0.249 e. The van der Waals surface area contributed by atoms with Gasteiger partial charge in [-0.15, -0.1) is 16.9 Å². The van der Waals surface area contributed by atoms with Crippen LogP contribution in [0.3, 0.4) is 0 Å². The highest BCUT2D eigenvalue weighted by atomic mass is 32.2. The highest BCUT2D eigenvalue weighted by Gasteiger charge is 2.63. The lowest BCUT2D eigenvalue weighted by atomic mass is 9.95. The SMILES string of the molecule is C/C=C/CC(N)C(=O)NC1C(=O)N2C(c3nnn[nH]3)C(C)(C)S[C@H]12. The van der Waals surface area contributed by atoms with Crippen LogP contribution in [-0.2, 0) is 9.59 Å². The number of nitrogens with one attached hydrogen (secondary N) is 2. The predicted octanol–water partition coefficient (Wildman–Crippen LogP) is -0.287. The van der Waals surface area contributed by atoms with Crippen LogP contribution in [0.5, 0.6) is 0 Å². The van der Waals surface area contributed by atoms with Gasteiger partial charge in [0.25, 0.3) is 0 Å². The molecule has 2 fully saturated rings. The number of β-lactam (4-membered cyclic amide) rings is 1. The smallest absolute Gasteiger partial charge is 0.249 e. The van der Waals surface area contributed by atoms with Crippen molar-refractivity contribution in [1.29, 1.82) is 0 Å². The van der Waals surface area contributed by atoms with Gasteiger partial charge >= 0.3 is 0 Å². The van der Waals surface area contributed by atoms with E-state index in [9.17, 15) is 9.59 Å². The average Bonchev–Trinajstić information content (AvgIpc) is 3.14. The van der Waals surface area contributed by atoms with E-state index in [0.29, 0.717) is 12.2 Å². The molecule has 3 heterocycles. The number of hydrogen-bond acceptors (Lipinski definition) is 7. The summed E-state index contributed by atoms with van der Waals surface area (Å²) in [6.45, 7) is 5.94. The fourth-order valence-corrected chi connectivity index (χ4v) is 4.76. The standard InChI is InChI=1S/C14H21N7O2S/c1-4-5-6-7(15)11(22)16-8-12(23)21-9(10-17-19-20-18-10)14(2,3)24-13(8)21/h4-5,7-9,13H,6,15H2,1-3H3,(H,16,22)(H,17,18,19,20)/b5-4+/t7?,8?,9?,13-/m1/s1. The van der Waals surface area contributed by atoms with Crippen molar-refractivity contribution in [2.45, 2.75) is 55.4 Å². The van der Waals surface area contributed by atoms with E-state index in [1.54, 1.807) is 16.7 Å². The molecule has 0 bridgehead atoms. The molecule has 0 radical (unpaired) electrons. The van der Waals surface area contributed by atoms with Crippen molar-refractivity contribution in [3.05, 3.63) is 18.0 Å². The number of fused-ring (bicyclic) bond motifs is 1. The number of thioether (sulfide) groups is 1. The van der Waals surface area contributed by atoms with Crippen molar-refractivity contribution in [3.63, 3.8) is 0 Å². The topological polar surface area (TPSA) is 130 Å². The molecule has 2 amide bonds. The highest BCUT2D eigenvalue weighted by Crippen LogP contribution is 2.56. The molecular formula is C14H21N7O2S. The van der Waals surface area contributed by atoms with Crippen molar-refractivity contribution in [3.8, 4) is 0 Å². The van der Waals surface area contributed by atoms with Crippen LogP contribution in [-0.4, -0.2) is 59.5 Å². The molecule has 9 nitrogen and oxygen atoms in total. The maximum atomic E-state index is 12.6. The summed E-state index contributed by atoms with van der Waals surface area (Å²) in [4.78, 5) is 26.5. The lowest BCUT2D eigenvalue weighted by Gasteiger charge is -2.44. The molecule has 10 heteroatoms. The lowest BCUT2D eigenvalue weighted by Crippen LogP contribution is -2.69. The number of rotatable bonds is 5. The number of carbonyl (C=O) groups is 2. The fraction of sp³-hybridized carbons (Fsp3) is 0.643. The van der Waals surface area contributed by atoms with Gasteiger partial charge in [-0.25, -0.2) is 5.10 Å². The van der Waals surface area contributed by atoms with Crippen LogP contribution in [0.2, 0.25) is 0 Å². The Morgan fingerprint density at radius 2 is 2.33 bits per heavy atom. The summed E-state index contributed by atoms with van der Waals surface area (Å²) in [6.07, 6.45) is 4.12. The molecule has 4 N–H and O–H groups in total. The first-order valence-corrected chi connectivity index (χ1v) is 8.65. The molecule has 3 rings (SSSR count). The van der Waals surface area contributed by atoms with E-state index in [2.05, 4.69) is 25.9 Å². The van der Waals surface area contributed by atoms with Gasteiger partial charge in [0.15, 0.2) is 5.82 Å². The summed E-state index contributed by atoms with van der Waals surface area (Å²) in [5.41, 5.74) is 5.84. The summed E-state index contributed by atoms with van der Waals surface area (Å²) in [5.74, 6) is 0.109. The minimum atomic E-state index is -0.656. The van der Waals surface area contributed by atoms with Gasteiger partial charge in [-0.1, -0.05) is 12.2 Å². The van der Waals surface area contributed by atoms with Gasteiger partial charge in [0.2, 0.25) is 11.8 Å². The van der Waals surface area contributed by atoms with Crippen molar-refractivity contribution in [1.82, 2.24) is 30.8 Å². The third-order valence-electron chi connectivity index (χ3n) is 4.32. The van der Waals surface area contributed by atoms with Crippen LogP contribution >= 0.6 is 11.8 Å². The normalized spacial score (nSPS) is 29.4. The number of hydrogen-bond donors (Lipinski definition) is 3. The van der Waals surface area contributed by atoms with E-state index in [1.165, 1.54) is 0 Å². The Labute approximate surface area is 143 Å². The Morgan fingerprint density at radius 3 is 2.96 bits per heavy atom. The Morgan fingerprint density at radius 1 is 1.58 bits per heavy atom. The van der Waals surface area contributed by atoms with Crippen LogP contribution in [0.15, 0.2) is 12.2 Å². The molecule has 130 valence electrons. The second-order valence-electron chi connectivity index (χ2n) is 6.44. The zero-order chi connectivity index (χ0) is 17.5. The zero-order valence-corrected chi connectivity index (χ0v) is 14.6. The molecule has 3 unspecified atom stereocenters. The van der Waals surface area contributed by atoms with E-state index in [0.717, 1.165) is 0 Å². The third kappa shape index (κ3) is 2.69. The second-order valence-corrected chi connectivity index (χ2v) is 8.21. The van der Waals surface area contributed by atoms with Gasteiger partial charge in [0.1, 0.15) is 17.5 Å². The van der Waals surface area contributed by atoms with E-state index in [1.807, 2.05) is 32.9 Å². The number of nitrogens with zero attached hydrogens (tertiary/aromatic N) is 4. The van der Waals surface area contributed by atoms with E-state index in [4.69, 9.17) is 5.73 Å². The maximum absolute atomic E-state index is 12.6. The minimum absolute atomic E-state index is 0.133. The van der Waals surface area contributed by atoms with Crippen molar-refractivity contribution in [2.75, 3.05) is 0 Å². The molecule has 1 aromatic heterocycles. The number of carbonyl (C=O) groups excluding carboxylic acids is 2. The molecule has 2 saturated heterocycles. The Kier molecular flexibility index (Phi) is 4.35. The van der Waals surface area contributed by atoms with Crippen LogP contribution in [0, 0.1) is 0 Å². The highest BCUT2D eigenvalue weighted by molar-refractivity contribution is 8.01. The van der Waals surface area contributed by atoms with Gasteiger partial charge in [-0.2, -0.15) is 0 Å². The predicted molar refractivity (Wildman–Crippen MR) is 88.6 cm³/mol. The lowest BCUT2D eigenvalue weighted by molar-refractivity contribution is -0.152. The summed E-state index contributed by atoms with van der Waals surface area (Å²) in [6, 6.07) is -1.46. The molecule has 0 spiro atoms. The van der Waals surface area contributed by atoms with Crippen molar-refractivity contribution < 1.29 is 9.59 Å². The number of amides is 2. The van der Waals surface area contributed by atoms with Crippen LogP contribution in [0.25, 0.3) is 0 Å². The van der Waals surface area contributed by atoms with Gasteiger partial charge < -0.3 is 16.0 Å². The molecule has 0 aromatic carbocycles. The Bertz CT molecular complexity index is 660. The van der Waals surface area contributed by atoms with E-state index in [-0.39, 0.29) is 28.0 Å². The van der Waals surface area contributed by atoms with Crippen LogP contribution < -0.4 is 11.1 Å². The first-order chi connectivity index (χ1) is 11.4. The van der Waals surface area contributed by atoms with E-state index < -0.39 is 12.1 Å². The number of aromatic amines is 1. The molecule has 2 aliphatic rings. The number of nitrogens with two attached hydrogens (primary N) is 1. The summed E-state index contributed by atoms with van der Waals surface area (Å²) >= 11 is 1.63. The monoisotopic (exact) mass is 351 g/mol. The molecule has 0 aliphatic carbocycles. The first kappa shape index (κ1) is 16.9. The number of allylic oxidation sites excluding steroid dienone is 1. The van der Waals surface area contributed by atoms with Gasteiger partial charge in [0.05, 0.1) is 6.04 Å². The number of aromatic nitrogens is 4. The second kappa shape index (κ2) is 6.17. The van der Waals surface area contributed by atoms with Gasteiger partial charge in [0, 0.05) is 4.75 Å². The molecule has 2 aliphatic heterocycles. The fourth-order valence-electron chi connectivity index (χ4n) is 3.12. The zero-order valence-electron chi connectivity index (χ0n) is 13.8. The largest absolute Gasteiger partial charge is 0.340 e. The molecule has 1 aromatic rings. The molecule has 24 heavy (non-hydrogen) atoms. The summed E-state index contributed by atoms with van der Waals surface area (Å²) in [5, 5.41) is 16.5. The minimum Gasteiger partial charge on any atom is -0.340 e. The van der Waals surface area contributed by atoms with Crippen LogP contribution in [0.1, 0.15) is 39.1 Å². The van der Waals surface area contributed by atoms with Crippen LogP contribution in [0.4, 0.5) is 0 Å². The molecule has 0 saturated carbocycles. The summed E-state index contributed by atoms with van der Waals surface area (Å²) in [7, 11) is 0. The van der Waals surface area contributed by atoms with Gasteiger partial charge in [-0.3, -0.25) is 9.59 Å². The van der Waals surface area contributed by atoms with Crippen molar-refractivity contribution in [2.24, 2.45) is 5.73 Å². The van der Waals surface area contributed by atoms with Gasteiger partial charge in [-0.05, 0) is 37.6 Å².